The first-order valence-corrected chi connectivity index (χ1v) is 11.7. The fourth-order valence-electron chi connectivity index (χ4n) is 3.83. The molecule has 0 aliphatic carbocycles. The highest BCUT2D eigenvalue weighted by Gasteiger charge is 2.36. The zero-order chi connectivity index (χ0) is 27.1. The van der Waals surface area contributed by atoms with Crippen molar-refractivity contribution < 1.29 is 33.1 Å². The molecule has 0 unspecified atom stereocenters. The van der Waals surface area contributed by atoms with Crippen molar-refractivity contribution in [3.8, 4) is 0 Å². The topological polar surface area (TPSA) is 127 Å². The van der Waals surface area contributed by atoms with Crippen LogP contribution in [0, 0.1) is 13.8 Å². The molecule has 0 bridgehead atoms. The van der Waals surface area contributed by atoms with Gasteiger partial charge in [-0.3, -0.25) is 14.4 Å². The van der Waals surface area contributed by atoms with Gasteiger partial charge in [0.25, 0.3) is 5.91 Å². The number of rotatable bonds is 9. The van der Waals surface area contributed by atoms with E-state index in [2.05, 4.69) is 10.6 Å². The van der Waals surface area contributed by atoms with Crippen molar-refractivity contribution in [1.82, 2.24) is 10.2 Å². The number of ether oxygens (including phenoxy) is 2. The molecular weight excluding hydrogens is 478 g/mol. The predicted molar refractivity (Wildman–Crippen MR) is 136 cm³/mol. The Bertz CT molecular complexity index is 1270. The lowest BCUT2D eigenvalue weighted by Crippen LogP contribution is -2.34. The lowest BCUT2D eigenvalue weighted by Gasteiger charge is -2.17. The molecule has 10 nitrogen and oxygen atoms in total. The molecule has 1 aromatic heterocycles. The van der Waals surface area contributed by atoms with E-state index in [0.29, 0.717) is 42.5 Å². The van der Waals surface area contributed by atoms with Crippen molar-refractivity contribution in [2.24, 2.45) is 0 Å². The van der Waals surface area contributed by atoms with E-state index in [1.54, 1.807) is 38.3 Å². The summed E-state index contributed by atoms with van der Waals surface area (Å²) in [7, 11) is 2.83. The zero-order valence-corrected chi connectivity index (χ0v) is 21.6. The van der Waals surface area contributed by atoms with E-state index in [1.807, 2.05) is 19.9 Å². The highest BCUT2D eigenvalue weighted by atomic mass is 16.5. The van der Waals surface area contributed by atoms with E-state index in [4.69, 9.17) is 13.9 Å². The standard InChI is InChI=1S/C27H31N3O7/c1-16-7-8-19(13-17(16)2)29-25(32)24(31)28-15-21-10-9-20(37-21)14-22-23(27(34)36-5)18(3)30(26(22)33)11-6-12-35-4/h7-10,13-14H,6,11-12,15H2,1-5H3,(H,28,31)(H,29,32)/b22-14+. The molecule has 37 heavy (non-hydrogen) atoms. The van der Waals surface area contributed by atoms with Crippen molar-refractivity contribution in [1.29, 1.82) is 0 Å². The summed E-state index contributed by atoms with van der Waals surface area (Å²) in [5.41, 5.74) is 3.41. The number of methoxy groups -OCH3 is 2. The van der Waals surface area contributed by atoms with Gasteiger partial charge in [-0.25, -0.2) is 4.79 Å². The minimum atomic E-state index is -0.821. The van der Waals surface area contributed by atoms with Crippen LogP contribution in [-0.4, -0.2) is 56.0 Å². The maximum absolute atomic E-state index is 13.1. The Morgan fingerprint density at radius 3 is 2.46 bits per heavy atom. The van der Waals surface area contributed by atoms with E-state index in [0.717, 1.165) is 11.1 Å². The number of hydrogen-bond acceptors (Lipinski definition) is 7. The minimum absolute atomic E-state index is 0.0435. The first kappa shape index (κ1) is 27.4. The van der Waals surface area contributed by atoms with Gasteiger partial charge in [0.05, 0.1) is 24.8 Å². The lowest BCUT2D eigenvalue weighted by molar-refractivity contribution is -0.136. The summed E-state index contributed by atoms with van der Waals surface area (Å²) < 4.78 is 15.7. The van der Waals surface area contributed by atoms with E-state index >= 15 is 0 Å². The van der Waals surface area contributed by atoms with Gasteiger partial charge in [0, 0.05) is 31.6 Å². The largest absolute Gasteiger partial charge is 0.465 e. The van der Waals surface area contributed by atoms with Crippen molar-refractivity contribution in [2.75, 3.05) is 32.7 Å². The predicted octanol–water partition coefficient (Wildman–Crippen LogP) is 2.86. The number of hydrogen-bond donors (Lipinski definition) is 2. The number of nitrogens with zero attached hydrogens (tertiary/aromatic N) is 1. The third-order valence-electron chi connectivity index (χ3n) is 5.99. The molecule has 0 saturated carbocycles. The van der Waals surface area contributed by atoms with Crippen LogP contribution in [0.2, 0.25) is 0 Å². The number of carbonyl (C=O) groups excluding carboxylic acids is 4. The van der Waals surface area contributed by atoms with Crippen LogP contribution in [0.1, 0.15) is 36.0 Å². The fraction of sp³-hybridized carbons (Fsp3) is 0.333. The van der Waals surface area contributed by atoms with Crippen LogP contribution >= 0.6 is 0 Å². The Balaban J connectivity index is 1.67. The Kier molecular flexibility index (Phi) is 9.02. The summed E-state index contributed by atoms with van der Waals surface area (Å²) in [5, 5.41) is 5.07. The molecule has 10 heteroatoms. The van der Waals surface area contributed by atoms with Crippen LogP contribution in [0.3, 0.4) is 0 Å². The molecule has 1 aliphatic heterocycles. The summed E-state index contributed by atoms with van der Waals surface area (Å²) in [6.07, 6.45) is 2.06. The van der Waals surface area contributed by atoms with Gasteiger partial charge in [0.1, 0.15) is 11.5 Å². The molecule has 2 N–H and O–H groups in total. The number of anilines is 1. The van der Waals surface area contributed by atoms with Gasteiger partial charge >= 0.3 is 17.8 Å². The first-order valence-electron chi connectivity index (χ1n) is 11.7. The third kappa shape index (κ3) is 6.53. The number of esters is 1. The van der Waals surface area contributed by atoms with Crippen LogP contribution in [0.25, 0.3) is 6.08 Å². The lowest BCUT2D eigenvalue weighted by atomic mass is 10.1. The van der Waals surface area contributed by atoms with Crippen LogP contribution in [-0.2, 0) is 35.2 Å². The van der Waals surface area contributed by atoms with Gasteiger partial charge in [0.15, 0.2) is 0 Å². The molecule has 1 aliphatic rings. The number of allylic oxidation sites excluding steroid dienone is 1. The summed E-state index contributed by atoms with van der Waals surface area (Å²) in [5.74, 6) is -1.92. The Morgan fingerprint density at radius 1 is 1.03 bits per heavy atom. The molecule has 0 radical (unpaired) electrons. The van der Waals surface area contributed by atoms with Crippen molar-refractivity contribution in [3.63, 3.8) is 0 Å². The molecule has 3 amide bonds. The van der Waals surface area contributed by atoms with Gasteiger partial charge in [-0.1, -0.05) is 6.07 Å². The third-order valence-corrected chi connectivity index (χ3v) is 5.99. The maximum atomic E-state index is 13.1. The smallest absolute Gasteiger partial charge is 0.340 e. The number of furan rings is 1. The highest BCUT2D eigenvalue weighted by molar-refractivity contribution is 6.39. The first-order chi connectivity index (χ1) is 17.7. The van der Waals surface area contributed by atoms with Crippen LogP contribution in [0.5, 0.6) is 0 Å². The van der Waals surface area contributed by atoms with Gasteiger partial charge in [-0.2, -0.15) is 0 Å². The molecule has 2 heterocycles. The van der Waals surface area contributed by atoms with Crippen molar-refractivity contribution in [2.45, 2.75) is 33.7 Å². The number of nitrogens with one attached hydrogen (secondary N) is 2. The molecule has 0 saturated heterocycles. The normalized spacial score (nSPS) is 14.4. The second-order valence-electron chi connectivity index (χ2n) is 8.55. The number of benzene rings is 1. The average Bonchev–Trinajstić information content (AvgIpc) is 3.42. The van der Waals surface area contributed by atoms with E-state index < -0.39 is 17.8 Å². The maximum Gasteiger partial charge on any atom is 0.340 e. The SMILES string of the molecule is COCCCN1C(=O)/C(=C/c2ccc(CNC(=O)C(=O)Nc3ccc(C)c(C)c3)o2)C(C(=O)OC)=C1C. The number of aryl methyl sites for hydroxylation is 2. The minimum Gasteiger partial charge on any atom is -0.465 e. The summed E-state index contributed by atoms with van der Waals surface area (Å²) in [6, 6.07) is 8.58. The molecule has 1 aromatic carbocycles. The zero-order valence-electron chi connectivity index (χ0n) is 21.6. The van der Waals surface area contributed by atoms with E-state index in [9.17, 15) is 19.2 Å². The second kappa shape index (κ2) is 12.2. The molecule has 3 rings (SSSR count). The second-order valence-corrected chi connectivity index (χ2v) is 8.55. The summed E-state index contributed by atoms with van der Waals surface area (Å²) in [4.78, 5) is 51.4. The van der Waals surface area contributed by atoms with Gasteiger partial charge < -0.3 is 29.4 Å². The van der Waals surface area contributed by atoms with Gasteiger partial charge in [0.2, 0.25) is 0 Å². The number of carbonyl (C=O) groups is 4. The van der Waals surface area contributed by atoms with Crippen LogP contribution < -0.4 is 10.6 Å². The molecule has 0 fully saturated rings. The molecular formula is C27H31N3O7. The van der Waals surface area contributed by atoms with E-state index in [1.165, 1.54) is 18.1 Å². The van der Waals surface area contributed by atoms with Crippen LogP contribution in [0.15, 0.2) is 51.6 Å². The van der Waals surface area contributed by atoms with Crippen LogP contribution in [0.4, 0.5) is 5.69 Å². The van der Waals surface area contributed by atoms with Gasteiger partial charge in [-0.05, 0) is 68.7 Å². The molecule has 2 aromatic rings. The average molecular weight is 510 g/mol. The molecule has 0 spiro atoms. The number of amides is 3. The molecule has 196 valence electrons. The van der Waals surface area contributed by atoms with Gasteiger partial charge in [-0.15, -0.1) is 0 Å². The molecule has 0 atom stereocenters. The summed E-state index contributed by atoms with van der Waals surface area (Å²) in [6.45, 7) is 6.37. The Hall–Kier alpha value is -4.18. The highest BCUT2D eigenvalue weighted by Crippen LogP contribution is 2.32. The monoisotopic (exact) mass is 509 g/mol. The van der Waals surface area contributed by atoms with Crippen molar-refractivity contribution in [3.05, 3.63) is 69.8 Å². The quantitative estimate of drug-likeness (QED) is 0.230. The Labute approximate surface area is 215 Å². The van der Waals surface area contributed by atoms with E-state index in [-0.39, 0.29) is 23.6 Å². The van der Waals surface area contributed by atoms with Crippen molar-refractivity contribution >= 4 is 35.5 Å². The summed E-state index contributed by atoms with van der Waals surface area (Å²) >= 11 is 0. The Morgan fingerprint density at radius 2 is 1.78 bits per heavy atom. The fourth-order valence-corrected chi connectivity index (χ4v) is 3.83.